The molecule has 3 rings (SSSR count). The number of hydrogen-bond donors (Lipinski definition) is 1. The molecule has 0 unspecified atom stereocenters. The van der Waals surface area contributed by atoms with Crippen molar-refractivity contribution in [2.24, 2.45) is 11.8 Å². The molecule has 0 amide bonds. The molecule has 0 aromatic heterocycles. The largest absolute Gasteiger partial charge is 0.454 e. The van der Waals surface area contributed by atoms with Crippen LogP contribution in [0.4, 0.5) is 13.2 Å². The van der Waals surface area contributed by atoms with Gasteiger partial charge in [-0.2, -0.15) is 19.1 Å². The molecule has 0 aliphatic heterocycles. The van der Waals surface area contributed by atoms with Crippen molar-refractivity contribution in [3.8, 4) is 0 Å². The normalized spacial score (nSPS) is 13.2. The van der Waals surface area contributed by atoms with Crippen LogP contribution in [0, 0.1) is 5.92 Å². The molecule has 3 aromatic carbocycles. The fourth-order valence-electron chi connectivity index (χ4n) is 4.17. The number of carbonyl (C=O) groups excluding carboxylic acids is 2. The maximum atomic E-state index is 13.2. The van der Waals surface area contributed by atoms with Crippen LogP contribution >= 0.6 is 0 Å². The smallest absolute Gasteiger partial charge is 0.416 e. The predicted molar refractivity (Wildman–Crippen MR) is 134 cm³/mol. The van der Waals surface area contributed by atoms with Crippen molar-refractivity contribution in [1.29, 1.82) is 0 Å². The first kappa shape index (κ1) is 27.9. The molecule has 0 fully saturated rings. The van der Waals surface area contributed by atoms with E-state index in [4.69, 9.17) is 10.6 Å². The highest BCUT2D eigenvalue weighted by atomic mass is 19.4. The summed E-state index contributed by atoms with van der Waals surface area (Å²) in [5, 5.41) is 0. The van der Waals surface area contributed by atoms with E-state index in [0.717, 1.165) is 29.7 Å². The predicted octanol–water partition coefficient (Wildman–Crippen LogP) is 7.24. The van der Waals surface area contributed by atoms with Gasteiger partial charge in [-0.05, 0) is 60.1 Å². The van der Waals surface area contributed by atoms with Gasteiger partial charge in [0.15, 0.2) is 0 Å². The molecule has 0 spiro atoms. The SMILES string of the molecule is CC(C)CC[C@@H](C[C@H](OC(=O)c1ccccc1C(=O)ON)c1ccccc1)c1ccc(C(F)(F)F)cc1. The number of alkyl halides is 3. The highest BCUT2D eigenvalue weighted by Gasteiger charge is 2.31. The summed E-state index contributed by atoms with van der Waals surface area (Å²) in [6.07, 6.45) is -3.26. The molecule has 5 nitrogen and oxygen atoms in total. The number of rotatable bonds is 10. The Labute approximate surface area is 214 Å². The van der Waals surface area contributed by atoms with Crippen LogP contribution in [0.15, 0.2) is 78.9 Å². The Morgan fingerprint density at radius 2 is 1.35 bits per heavy atom. The second-order valence-corrected chi connectivity index (χ2v) is 9.28. The maximum absolute atomic E-state index is 13.2. The number of benzene rings is 3. The van der Waals surface area contributed by atoms with Crippen LogP contribution < -0.4 is 5.90 Å². The van der Waals surface area contributed by atoms with E-state index in [1.54, 1.807) is 12.1 Å². The van der Waals surface area contributed by atoms with Crippen molar-refractivity contribution in [3.05, 3.63) is 107 Å². The number of carbonyl (C=O) groups is 2. The van der Waals surface area contributed by atoms with Gasteiger partial charge in [0.1, 0.15) is 6.10 Å². The van der Waals surface area contributed by atoms with Gasteiger partial charge in [-0.1, -0.05) is 74.9 Å². The van der Waals surface area contributed by atoms with E-state index in [1.807, 2.05) is 30.3 Å². The van der Waals surface area contributed by atoms with Crippen LogP contribution in [0.2, 0.25) is 0 Å². The highest BCUT2D eigenvalue weighted by Crippen LogP contribution is 2.37. The molecule has 0 bridgehead atoms. The lowest BCUT2D eigenvalue weighted by Crippen LogP contribution is -2.19. The minimum atomic E-state index is -4.42. The zero-order valence-corrected chi connectivity index (χ0v) is 20.7. The van der Waals surface area contributed by atoms with E-state index < -0.39 is 29.8 Å². The highest BCUT2D eigenvalue weighted by molar-refractivity contribution is 6.03. The molecule has 0 radical (unpaired) electrons. The first-order valence-electron chi connectivity index (χ1n) is 12.0. The molecular weight excluding hydrogens is 483 g/mol. The van der Waals surface area contributed by atoms with Gasteiger partial charge in [-0.3, -0.25) is 0 Å². The average molecular weight is 514 g/mol. The minimum Gasteiger partial charge on any atom is -0.454 e. The molecule has 0 aliphatic carbocycles. The van der Waals surface area contributed by atoms with Gasteiger partial charge >= 0.3 is 18.1 Å². The van der Waals surface area contributed by atoms with Gasteiger partial charge < -0.3 is 9.57 Å². The van der Waals surface area contributed by atoms with E-state index in [-0.39, 0.29) is 17.0 Å². The number of nitrogens with two attached hydrogens (primary N) is 1. The first-order valence-corrected chi connectivity index (χ1v) is 12.0. The van der Waals surface area contributed by atoms with E-state index in [9.17, 15) is 22.8 Å². The summed E-state index contributed by atoms with van der Waals surface area (Å²) in [7, 11) is 0. The van der Waals surface area contributed by atoms with Crippen LogP contribution in [-0.4, -0.2) is 11.9 Å². The monoisotopic (exact) mass is 513 g/mol. The molecule has 0 aliphatic rings. The van der Waals surface area contributed by atoms with Crippen LogP contribution in [0.3, 0.4) is 0 Å². The molecule has 0 heterocycles. The summed E-state index contributed by atoms with van der Waals surface area (Å²) in [4.78, 5) is 29.6. The lowest BCUT2D eigenvalue weighted by Gasteiger charge is -2.26. The first-order chi connectivity index (χ1) is 17.6. The summed E-state index contributed by atoms with van der Waals surface area (Å²) in [6, 6.07) is 20.3. The summed E-state index contributed by atoms with van der Waals surface area (Å²) in [5.74, 6) is 3.62. The fraction of sp³-hybridized carbons (Fsp3) is 0.310. The van der Waals surface area contributed by atoms with Gasteiger partial charge in [-0.15, -0.1) is 0 Å². The van der Waals surface area contributed by atoms with Crippen molar-refractivity contribution in [1.82, 2.24) is 0 Å². The van der Waals surface area contributed by atoms with Crippen molar-refractivity contribution in [2.75, 3.05) is 0 Å². The van der Waals surface area contributed by atoms with Gasteiger partial charge in [0.05, 0.1) is 16.7 Å². The van der Waals surface area contributed by atoms with Gasteiger partial charge in [0.25, 0.3) is 0 Å². The summed E-state index contributed by atoms with van der Waals surface area (Å²) in [6.45, 7) is 4.15. The number of hydrogen-bond acceptors (Lipinski definition) is 5. The second kappa shape index (κ2) is 12.5. The Balaban J connectivity index is 1.94. The lowest BCUT2D eigenvalue weighted by molar-refractivity contribution is -0.137. The molecule has 0 saturated carbocycles. The standard InChI is InChI=1S/C29H30F3NO4/c1-19(2)12-13-22(20-14-16-23(17-15-20)29(30,31)32)18-26(21-8-4-3-5-9-21)36-27(34)24-10-6-7-11-25(24)28(35)37-33/h3-11,14-17,19,22,26H,12-13,18,33H2,1-2H3/t22-,26-/m0/s1. The van der Waals surface area contributed by atoms with Gasteiger partial charge in [0, 0.05) is 0 Å². The fourth-order valence-corrected chi connectivity index (χ4v) is 4.17. The quantitative estimate of drug-likeness (QED) is 0.228. The third-order valence-electron chi connectivity index (χ3n) is 6.20. The van der Waals surface area contributed by atoms with Gasteiger partial charge in [0.2, 0.25) is 0 Å². The van der Waals surface area contributed by atoms with Crippen molar-refractivity contribution < 1.29 is 32.3 Å². The summed E-state index contributed by atoms with van der Waals surface area (Å²) >= 11 is 0. The third kappa shape index (κ3) is 7.67. The minimum absolute atomic E-state index is 0.00661. The van der Waals surface area contributed by atoms with E-state index in [0.29, 0.717) is 18.8 Å². The molecule has 2 N–H and O–H groups in total. The van der Waals surface area contributed by atoms with Gasteiger partial charge in [-0.25, -0.2) is 9.59 Å². The Kier molecular flexibility index (Phi) is 9.47. The molecule has 8 heteroatoms. The molecule has 196 valence electrons. The molecular formula is C29H30F3NO4. The maximum Gasteiger partial charge on any atom is 0.416 e. The van der Waals surface area contributed by atoms with E-state index >= 15 is 0 Å². The Morgan fingerprint density at radius 1 is 0.784 bits per heavy atom. The van der Waals surface area contributed by atoms with Crippen LogP contribution in [0.5, 0.6) is 0 Å². The lowest BCUT2D eigenvalue weighted by atomic mass is 9.85. The van der Waals surface area contributed by atoms with Crippen LogP contribution in [0.1, 0.15) is 82.5 Å². The second-order valence-electron chi connectivity index (χ2n) is 9.28. The topological polar surface area (TPSA) is 78.6 Å². The average Bonchev–Trinajstić information content (AvgIpc) is 2.89. The Morgan fingerprint density at radius 3 is 1.89 bits per heavy atom. The van der Waals surface area contributed by atoms with Crippen molar-refractivity contribution in [3.63, 3.8) is 0 Å². The third-order valence-corrected chi connectivity index (χ3v) is 6.20. The Hall–Kier alpha value is -3.65. The number of ether oxygens (including phenoxy) is 1. The Bertz CT molecular complexity index is 1180. The van der Waals surface area contributed by atoms with E-state index in [2.05, 4.69) is 18.7 Å². The van der Waals surface area contributed by atoms with Crippen molar-refractivity contribution >= 4 is 11.9 Å². The zero-order chi connectivity index (χ0) is 27.0. The van der Waals surface area contributed by atoms with E-state index in [1.165, 1.54) is 24.3 Å². The number of esters is 1. The summed E-state index contributed by atoms with van der Waals surface area (Å²) in [5.41, 5.74) is 0.732. The summed E-state index contributed by atoms with van der Waals surface area (Å²) < 4.78 is 45.3. The molecule has 0 saturated heterocycles. The molecule has 37 heavy (non-hydrogen) atoms. The molecule has 2 atom stereocenters. The van der Waals surface area contributed by atoms with Crippen molar-refractivity contribution in [2.45, 2.75) is 51.3 Å². The zero-order valence-electron chi connectivity index (χ0n) is 20.7. The van der Waals surface area contributed by atoms with Crippen LogP contribution in [0.25, 0.3) is 0 Å². The van der Waals surface area contributed by atoms with Crippen LogP contribution in [-0.2, 0) is 15.8 Å². The number of halogens is 3. The molecule has 3 aromatic rings.